The van der Waals surface area contributed by atoms with E-state index >= 15 is 0 Å². The van der Waals surface area contributed by atoms with Gasteiger partial charge in [0.15, 0.2) is 0 Å². The van der Waals surface area contributed by atoms with Gasteiger partial charge in [0.2, 0.25) is 0 Å². The Morgan fingerprint density at radius 3 is 0.818 bits per heavy atom. The Balaban J connectivity index is 0. The molecule has 0 unspecified atom stereocenters. The van der Waals surface area contributed by atoms with Crippen LogP contribution in [0.2, 0.25) is 0 Å². The Morgan fingerprint density at radius 1 is 0.636 bits per heavy atom. The van der Waals surface area contributed by atoms with Gasteiger partial charge in [0.1, 0.15) is 0 Å². The molecule has 0 heterocycles. The molecule has 0 spiro atoms. The van der Waals surface area contributed by atoms with Crippen LogP contribution in [0.5, 0.6) is 0 Å². The Kier molecular flexibility index (Phi) is 6.82. The van der Waals surface area contributed by atoms with Crippen LogP contribution >= 0.6 is 0 Å². The molecule has 0 saturated carbocycles. The van der Waals surface area contributed by atoms with Crippen LogP contribution in [0.3, 0.4) is 0 Å². The molecular formula is C9H24N2. The zero-order chi connectivity index (χ0) is 8.31. The van der Waals surface area contributed by atoms with E-state index in [4.69, 9.17) is 0 Å². The minimum atomic E-state index is 0. The zero-order valence-corrected chi connectivity index (χ0v) is 8.89. The lowest BCUT2D eigenvalue weighted by atomic mass is 10.2. The van der Waals surface area contributed by atoms with Crippen LogP contribution in [0.1, 0.15) is 41.5 Å². The van der Waals surface area contributed by atoms with Crippen LogP contribution in [-0.2, 0) is 0 Å². The predicted molar refractivity (Wildman–Crippen MR) is 52.3 cm³/mol. The molecule has 0 aromatic carbocycles. The number of hydrogen-bond acceptors (Lipinski definition) is 2. The van der Waals surface area contributed by atoms with Crippen molar-refractivity contribution >= 4 is 0 Å². The second-order valence-electron chi connectivity index (χ2n) is 3.73. The maximum atomic E-state index is 2.50. The van der Waals surface area contributed by atoms with Gasteiger partial charge >= 0.3 is 0 Å². The highest BCUT2D eigenvalue weighted by Gasteiger charge is 2.15. The highest BCUT2D eigenvalue weighted by molar-refractivity contribution is 4.70. The first-order chi connectivity index (χ1) is 4.46. The number of rotatable bonds is 3. The van der Waals surface area contributed by atoms with Crippen molar-refractivity contribution in [1.82, 2.24) is 11.1 Å². The van der Waals surface area contributed by atoms with Crippen molar-refractivity contribution in [3.05, 3.63) is 0 Å². The standard InChI is InChI=1S/C9H21N.H3N/c1-7(2)10(8(3)4)9(5)6;/h7-9H,1-6H3;1H3. The van der Waals surface area contributed by atoms with Crippen LogP contribution in [0.4, 0.5) is 0 Å². The summed E-state index contributed by atoms with van der Waals surface area (Å²) in [5.41, 5.74) is 0. The summed E-state index contributed by atoms with van der Waals surface area (Å²) in [6.45, 7) is 13.5. The van der Waals surface area contributed by atoms with E-state index < -0.39 is 0 Å². The summed E-state index contributed by atoms with van der Waals surface area (Å²) in [4.78, 5) is 2.50. The SMILES string of the molecule is CC(C)N(C(C)C)C(C)C.N. The van der Waals surface area contributed by atoms with Crippen LogP contribution < -0.4 is 6.15 Å². The predicted octanol–water partition coefficient (Wildman–Crippen LogP) is 2.68. The van der Waals surface area contributed by atoms with Crippen molar-refractivity contribution in [3.63, 3.8) is 0 Å². The van der Waals surface area contributed by atoms with Crippen LogP contribution in [0, 0.1) is 0 Å². The lowest BCUT2D eigenvalue weighted by molar-refractivity contribution is 0.133. The largest absolute Gasteiger partial charge is 0.344 e. The molecule has 0 aromatic heterocycles. The smallest absolute Gasteiger partial charge is 0.00439 e. The zero-order valence-electron chi connectivity index (χ0n) is 8.89. The van der Waals surface area contributed by atoms with Crippen LogP contribution in [0.15, 0.2) is 0 Å². The van der Waals surface area contributed by atoms with E-state index in [2.05, 4.69) is 46.4 Å². The highest BCUT2D eigenvalue weighted by atomic mass is 15.2. The fraction of sp³-hybridized carbons (Fsp3) is 1.00. The molecule has 0 aliphatic rings. The fourth-order valence-electron chi connectivity index (χ4n) is 1.79. The molecule has 0 bridgehead atoms. The minimum Gasteiger partial charge on any atom is -0.344 e. The van der Waals surface area contributed by atoms with E-state index in [-0.39, 0.29) is 6.15 Å². The monoisotopic (exact) mass is 160 g/mol. The van der Waals surface area contributed by atoms with E-state index in [0.717, 1.165) is 0 Å². The highest BCUT2D eigenvalue weighted by Crippen LogP contribution is 2.08. The van der Waals surface area contributed by atoms with E-state index in [1.807, 2.05) is 0 Å². The molecule has 0 rings (SSSR count). The number of nitrogens with zero attached hydrogens (tertiary/aromatic N) is 1. The van der Waals surface area contributed by atoms with Crippen LogP contribution in [-0.4, -0.2) is 23.0 Å². The number of hydrogen-bond donors (Lipinski definition) is 1. The maximum absolute atomic E-state index is 2.50. The average Bonchev–Trinajstić information content (AvgIpc) is 1.59. The summed E-state index contributed by atoms with van der Waals surface area (Å²) in [6, 6.07) is 2.00. The van der Waals surface area contributed by atoms with Gasteiger partial charge in [-0.15, -0.1) is 0 Å². The van der Waals surface area contributed by atoms with Crippen molar-refractivity contribution in [1.29, 1.82) is 0 Å². The molecule has 0 aliphatic carbocycles. The van der Waals surface area contributed by atoms with E-state index in [0.29, 0.717) is 18.1 Å². The Labute approximate surface area is 71.6 Å². The Bertz CT molecular complexity index is 68.5. The van der Waals surface area contributed by atoms with Crippen molar-refractivity contribution < 1.29 is 0 Å². The molecule has 2 heteroatoms. The molecule has 3 N–H and O–H groups in total. The van der Waals surface area contributed by atoms with Gasteiger partial charge < -0.3 is 6.15 Å². The molecule has 70 valence electrons. The molecule has 0 aliphatic heterocycles. The second-order valence-corrected chi connectivity index (χ2v) is 3.73. The normalized spacial score (nSPS) is 11.5. The minimum absolute atomic E-state index is 0. The van der Waals surface area contributed by atoms with Gasteiger partial charge in [0.05, 0.1) is 0 Å². The topological polar surface area (TPSA) is 38.2 Å². The summed E-state index contributed by atoms with van der Waals surface area (Å²) < 4.78 is 0. The Morgan fingerprint density at radius 2 is 0.818 bits per heavy atom. The molecule has 0 aromatic rings. The molecule has 2 nitrogen and oxygen atoms in total. The third-order valence-electron chi connectivity index (χ3n) is 1.79. The van der Waals surface area contributed by atoms with Crippen molar-refractivity contribution in [2.75, 3.05) is 0 Å². The third kappa shape index (κ3) is 4.38. The molecule has 11 heavy (non-hydrogen) atoms. The van der Waals surface area contributed by atoms with Gasteiger partial charge in [0, 0.05) is 18.1 Å². The quantitative estimate of drug-likeness (QED) is 0.689. The van der Waals surface area contributed by atoms with E-state index in [9.17, 15) is 0 Å². The molecule has 0 radical (unpaired) electrons. The first kappa shape index (κ1) is 13.5. The lowest BCUT2D eigenvalue weighted by Gasteiger charge is -2.34. The van der Waals surface area contributed by atoms with Gasteiger partial charge in [-0.25, -0.2) is 0 Å². The van der Waals surface area contributed by atoms with Crippen molar-refractivity contribution in [3.8, 4) is 0 Å². The van der Waals surface area contributed by atoms with Gasteiger partial charge in [-0.2, -0.15) is 0 Å². The summed E-state index contributed by atoms with van der Waals surface area (Å²) in [6.07, 6.45) is 0. The summed E-state index contributed by atoms with van der Waals surface area (Å²) >= 11 is 0. The fourth-order valence-corrected chi connectivity index (χ4v) is 1.79. The first-order valence-corrected chi connectivity index (χ1v) is 4.24. The first-order valence-electron chi connectivity index (χ1n) is 4.24. The summed E-state index contributed by atoms with van der Waals surface area (Å²) in [5, 5.41) is 0. The molecule has 0 saturated heterocycles. The van der Waals surface area contributed by atoms with Crippen molar-refractivity contribution in [2.45, 2.75) is 59.7 Å². The second kappa shape index (κ2) is 5.56. The molecule has 0 atom stereocenters. The molecular weight excluding hydrogens is 136 g/mol. The lowest BCUT2D eigenvalue weighted by Crippen LogP contribution is -2.42. The summed E-state index contributed by atoms with van der Waals surface area (Å²) in [5.74, 6) is 0. The van der Waals surface area contributed by atoms with Crippen LogP contribution in [0.25, 0.3) is 0 Å². The molecule has 0 fully saturated rings. The van der Waals surface area contributed by atoms with Gasteiger partial charge in [-0.05, 0) is 41.5 Å². The third-order valence-corrected chi connectivity index (χ3v) is 1.79. The van der Waals surface area contributed by atoms with Crippen molar-refractivity contribution in [2.24, 2.45) is 0 Å². The Hall–Kier alpha value is -0.0800. The average molecular weight is 160 g/mol. The molecule has 0 amide bonds. The summed E-state index contributed by atoms with van der Waals surface area (Å²) in [7, 11) is 0. The van der Waals surface area contributed by atoms with Gasteiger partial charge in [-0.1, -0.05) is 0 Å². The van der Waals surface area contributed by atoms with Gasteiger partial charge in [0.25, 0.3) is 0 Å². The van der Waals surface area contributed by atoms with Gasteiger partial charge in [-0.3, -0.25) is 4.90 Å². The maximum Gasteiger partial charge on any atom is 0.00439 e. The van der Waals surface area contributed by atoms with E-state index in [1.165, 1.54) is 0 Å². The van der Waals surface area contributed by atoms with E-state index in [1.54, 1.807) is 0 Å².